The number of methoxy groups -OCH3 is 1. The number of rotatable bonds is 5. The minimum absolute atomic E-state index is 0.511. The van der Waals surface area contributed by atoms with E-state index < -0.39 is 0 Å². The molecule has 1 atom stereocenters. The molecule has 1 unspecified atom stereocenters. The highest BCUT2D eigenvalue weighted by molar-refractivity contribution is 5.36. The first kappa shape index (κ1) is 14.4. The molecule has 0 aliphatic carbocycles. The lowest BCUT2D eigenvalue weighted by molar-refractivity contribution is 0.142. The zero-order valence-corrected chi connectivity index (χ0v) is 12.6. The zero-order valence-electron chi connectivity index (χ0n) is 12.6. The van der Waals surface area contributed by atoms with Crippen LogP contribution in [-0.2, 0) is 0 Å². The van der Waals surface area contributed by atoms with Crippen molar-refractivity contribution in [2.45, 2.75) is 45.6 Å². The first-order valence-electron chi connectivity index (χ1n) is 7.59. The molecule has 0 spiro atoms. The molecule has 2 nitrogen and oxygen atoms in total. The molecule has 0 aromatic heterocycles. The van der Waals surface area contributed by atoms with Crippen molar-refractivity contribution in [3.8, 4) is 5.75 Å². The Hall–Kier alpha value is -1.02. The zero-order chi connectivity index (χ0) is 13.7. The van der Waals surface area contributed by atoms with Gasteiger partial charge in [0.15, 0.2) is 0 Å². The average molecular weight is 261 g/mol. The number of ether oxygens (including phenoxy) is 1. The van der Waals surface area contributed by atoms with Crippen molar-refractivity contribution < 1.29 is 4.74 Å². The Labute approximate surface area is 117 Å². The summed E-state index contributed by atoms with van der Waals surface area (Å²) in [5, 5.41) is 0. The van der Waals surface area contributed by atoms with Gasteiger partial charge in [-0.3, -0.25) is 4.90 Å². The Bertz CT molecular complexity index is 383. The quantitative estimate of drug-likeness (QED) is 0.785. The second-order valence-corrected chi connectivity index (χ2v) is 5.98. The van der Waals surface area contributed by atoms with Gasteiger partial charge in [0.2, 0.25) is 0 Å². The van der Waals surface area contributed by atoms with E-state index in [1.807, 2.05) is 0 Å². The van der Waals surface area contributed by atoms with E-state index >= 15 is 0 Å². The minimum atomic E-state index is 0.511. The van der Waals surface area contributed by atoms with Crippen molar-refractivity contribution in [1.29, 1.82) is 0 Å². The highest BCUT2D eigenvalue weighted by Gasteiger charge is 2.25. The Morgan fingerprint density at radius 2 is 1.79 bits per heavy atom. The Balaban J connectivity index is 2.25. The minimum Gasteiger partial charge on any atom is -0.496 e. The third-order valence-corrected chi connectivity index (χ3v) is 4.02. The number of hydrogen-bond donors (Lipinski definition) is 0. The maximum atomic E-state index is 5.57. The molecule has 1 heterocycles. The molecule has 19 heavy (non-hydrogen) atoms. The van der Waals surface area contributed by atoms with Gasteiger partial charge >= 0.3 is 0 Å². The van der Waals surface area contributed by atoms with Gasteiger partial charge in [0.1, 0.15) is 5.75 Å². The molecule has 1 aromatic carbocycles. The van der Waals surface area contributed by atoms with Crippen molar-refractivity contribution in [3.05, 3.63) is 29.8 Å². The van der Waals surface area contributed by atoms with E-state index in [4.69, 9.17) is 4.74 Å². The lowest BCUT2D eigenvalue weighted by atomic mass is 9.93. The third-order valence-electron chi connectivity index (χ3n) is 4.02. The van der Waals surface area contributed by atoms with E-state index in [9.17, 15) is 0 Å². The predicted molar refractivity (Wildman–Crippen MR) is 80.6 cm³/mol. The summed E-state index contributed by atoms with van der Waals surface area (Å²) in [6.07, 6.45) is 5.27. The molecule has 0 bridgehead atoms. The Morgan fingerprint density at radius 1 is 1.11 bits per heavy atom. The van der Waals surface area contributed by atoms with E-state index in [1.54, 1.807) is 7.11 Å². The molecule has 1 aliphatic heterocycles. The molecule has 1 aliphatic rings. The highest BCUT2D eigenvalue weighted by Crippen LogP contribution is 2.35. The molecule has 1 fully saturated rings. The molecule has 0 amide bonds. The van der Waals surface area contributed by atoms with Gasteiger partial charge in [-0.1, -0.05) is 38.5 Å². The van der Waals surface area contributed by atoms with Crippen molar-refractivity contribution in [2.75, 3.05) is 20.2 Å². The van der Waals surface area contributed by atoms with E-state index in [1.165, 1.54) is 44.3 Å². The Morgan fingerprint density at radius 3 is 2.42 bits per heavy atom. The van der Waals surface area contributed by atoms with Crippen LogP contribution in [0, 0.1) is 5.92 Å². The Kier molecular flexibility index (Phi) is 5.26. The number of nitrogens with zero attached hydrogens (tertiary/aromatic N) is 1. The molecular weight excluding hydrogens is 234 g/mol. The summed E-state index contributed by atoms with van der Waals surface area (Å²) in [7, 11) is 1.78. The van der Waals surface area contributed by atoms with Gasteiger partial charge in [-0.15, -0.1) is 0 Å². The van der Waals surface area contributed by atoms with Crippen LogP contribution in [0.3, 0.4) is 0 Å². The van der Waals surface area contributed by atoms with Gasteiger partial charge in [0.05, 0.1) is 7.11 Å². The summed E-state index contributed by atoms with van der Waals surface area (Å²) >= 11 is 0. The van der Waals surface area contributed by atoms with Crippen LogP contribution in [0.15, 0.2) is 24.3 Å². The number of piperidine rings is 1. The van der Waals surface area contributed by atoms with Gasteiger partial charge in [0, 0.05) is 11.6 Å². The summed E-state index contributed by atoms with van der Waals surface area (Å²) in [5.41, 5.74) is 1.36. The third kappa shape index (κ3) is 3.73. The first-order valence-corrected chi connectivity index (χ1v) is 7.59. The molecular formula is C17H27NO. The van der Waals surface area contributed by atoms with E-state index in [0.717, 1.165) is 5.75 Å². The molecule has 2 heteroatoms. The van der Waals surface area contributed by atoms with Crippen molar-refractivity contribution in [2.24, 2.45) is 5.92 Å². The summed E-state index contributed by atoms with van der Waals surface area (Å²) in [4.78, 5) is 2.65. The number of likely N-dealkylation sites (tertiary alicyclic amines) is 1. The van der Waals surface area contributed by atoms with Crippen LogP contribution in [0.4, 0.5) is 0 Å². The maximum absolute atomic E-state index is 5.57. The number of benzene rings is 1. The topological polar surface area (TPSA) is 12.5 Å². The second-order valence-electron chi connectivity index (χ2n) is 5.98. The first-order chi connectivity index (χ1) is 9.22. The standard InChI is InChI=1S/C17H27NO/c1-14(2)13-16(18-11-7-4-8-12-18)15-9-5-6-10-17(15)19-3/h5-6,9-10,14,16H,4,7-8,11-13H2,1-3H3. The lowest BCUT2D eigenvalue weighted by Gasteiger charge is -2.36. The molecule has 0 radical (unpaired) electrons. The lowest BCUT2D eigenvalue weighted by Crippen LogP contribution is -2.34. The van der Waals surface area contributed by atoms with Crippen LogP contribution in [0.1, 0.15) is 51.1 Å². The molecule has 0 saturated carbocycles. The van der Waals surface area contributed by atoms with Gasteiger partial charge in [-0.25, -0.2) is 0 Å². The van der Waals surface area contributed by atoms with Crippen LogP contribution in [-0.4, -0.2) is 25.1 Å². The molecule has 2 rings (SSSR count). The summed E-state index contributed by atoms with van der Waals surface area (Å²) in [6, 6.07) is 9.03. The predicted octanol–water partition coefficient (Wildman–Crippen LogP) is 4.27. The normalized spacial score (nSPS) is 18.5. The van der Waals surface area contributed by atoms with Crippen molar-refractivity contribution in [3.63, 3.8) is 0 Å². The van der Waals surface area contributed by atoms with Gasteiger partial charge in [-0.2, -0.15) is 0 Å². The maximum Gasteiger partial charge on any atom is 0.123 e. The van der Waals surface area contributed by atoms with Crippen LogP contribution in [0.5, 0.6) is 5.75 Å². The monoisotopic (exact) mass is 261 g/mol. The van der Waals surface area contributed by atoms with E-state index in [2.05, 4.69) is 43.0 Å². The second kappa shape index (κ2) is 6.95. The fraction of sp³-hybridized carbons (Fsp3) is 0.647. The van der Waals surface area contributed by atoms with Crippen LogP contribution in [0.25, 0.3) is 0 Å². The number of para-hydroxylation sites is 1. The largest absolute Gasteiger partial charge is 0.496 e. The van der Waals surface area contributed by atoms with E-state index in [0.29, 0.717) is 12.0 Å². The van der Waals surface area contributed by atoms with Crippen LogP contribution < -0.4 is 4.74 Å². The van der Waals surface area contributed by atoms with Crippen LogP contribution in [0.2, 0.25) is 0 Å². The van der Waals surface area contributed by atoms with E-state index in [-0.39, 0.29) is 0 Å². The fourth-order valence-electron chi connectivity index (χ4n) is 3.09. The highest BCUT2D eigenvalue weighted by atomic mass is 16.5. The van der Waals surface area contributed by atoms with Gasteiger partial charge in [0.25, 0.3) is 0 Å². The molecule has 0 N–H and O–H groups in total. The summed E-state index contributed by atoms with van der Waals surface area (Å²) in [6.45, 7) is 7.09. The SMILES string of the molecule is COc1ccccc1C(CC(C)C)N1CCCCC1. The molecule has 1 saturated heterocycles. The van der Waals surface area contributed by atoms with Gasteiger partial charge < -0.3 is 4.74 Å². The number of hydrogen-bond acceptors (Lipinski definition) is 2. The molecule has 1 aromatic rings. The summed E-state index contributed by atoms with van der Waals surface area (Å²) in [5.74, 6) is 1.75. The van der Waals surface area contributed by atoms with Crippen LogP contribution >= 0.6 is 0 Å². The van der Waals surface area contributed by atoms with Crippen molar-refractivity contribution in [1.82, 2.24) is 4.90 Å². The van der Waals surface area contributed by atoms with Gasteiger partial charge in [-0.05, 0) is 44.3 Å². The molecule has 106 valence electrons. The summed E-state index contributed by atoms with van der Waals surface area (Å²) < 4.78 is 5.57. The smallest absolute Gasteiger partial charge is 0.123 e. The van der Waals surface area contributed by atoms with Crippen molar-refractivity contribution >= 4 is 0 Å². The fourth-order valence-corrected chi connectivity index (χ4v) is 3.09. The average Bonchev–Trinajstić information content (AvgIpc) is 2.45.